The number of benzene rings is 1. The van der Waals surface area contributed by atoms with E-state index in [1.54, 1.807) is 0 Å². The number of hydrogen-bond donors (Lipinski definition) is 4. The number of phenolic OH excluding ortho intramolecular Hbond substituents is 2. The maximum atomic E-state index is 10.7. The molecule has 0 amide bonds. The van der Waals surface area contributed by atoms with Crippen LogP contribution in [0, 0.1) is 0 Å². The van der Waals surface area contributed by atoms with E-state index in [4.69, 9.17) is 19.3 Å². The Bertz CT molecular complexity index is 641. The van der Waals surface area contributed by atoms with Gasteiger partial charge in [0.1, 0.15) is 4.90 Å². The quantitative estimate of drug-likeness (QED) is 0.288. The van der Waals surface area contributed by atoms with Crippen molar-refractivity contribution in [1.29, 1.82) is 0 Å². The van der Waals surface area contributed by atoms with E-state index in [2.05, 4.69) is 0 Å². The first-order valence-electron chi connectivity index (χ1n) is 3.54. The van der Waals surface area contributed by atoms with E-state index in [-0.39, 0.29) is 76.2 Å². The van der Waals surface area contributed by atoms with Gasteiger partial charge in [-0.1, -0.05) is 0 Å². The van der Waals surface area contributed by atoms with Crippen LogP contribution >= 0.6 is 0 Å². The van der Waals surface area contributed by atoms with Gasteiger partial charge in [-0.05, 0) is 6.07 Å². The van der Waals surface area contributed by atoms with Crippen molar-refractivity contribution in [2.45, 2.75) is 9.79 Å². The van der Waals surface area contributed by atoms with Crippen molar-refractivity contribution >= 4 is 79.4 Å². The Morgan fingerprint density at radius 3 is 1.58 bits per heavy atom. The number of phenols is 2. The summed E-state index contributed by atoms with van der Waals surface area (Å²) in [5, 5.41) is 18.1. The topological polar surface area (TPSA) is 149 Å². The molecular formula is C6H6FeNa2O8S2. The molecule has 1 aromatic rings. The van der Waals surface area contributed by atoms with Crippen molar-refractivity contribution in [3.8, 4) is 11.5 Å². The number of aromatic hydroxyl groups is 2. The van der Waals surface area contributed by atoms with Gasteiger partial charge in [-0.25, -0.2) is 0 Å². The molecule has 0 saturated heterocycles. The van der Waals surface area contributed by atoms with Crippen molar-refractivity contribution in [3.05, 3.63) is 12.1 Å². The second kappa shape index (κ2) is 8.57. The summed E-state index contributed by atoms with van der Waals surface area (Å²) in [4.78, 5) is -2.20. The molecule has 0 saturated carbocycles. The summed E-state index contributed by atoms with van der Waals surface area (Å²) in [5.74, 6) is -2.32. The minimum atomic E-state index is -4.92. The van der Waals surface area contributed by atoms with Gasteiger partial charge in [0, 0.05) is 82.2 Å². The van der Waals surface area contributed by atoms with Crippen LogP contribution in [0.5, 0.6) is 11.5 Å². The summed E-state index contributed by atoms with van der Waals surface area (Å²) in [6, 6.07) is 0.735. The molecule has 0 aliphatic carbocycles. The van der Waals surface area contributed by atoms with Gasteiger partial charge < -0.3 is 10.2 Å². The van der Waals surface area contributed by atoms with Crippen molar-refractivity contribution in [2.24, 2.45) is 0 Å². The summed E-state index contributed by atoms with van der Waals surface area (Å²) in [6.07, 6.45) is 0. The Hall–Kier alpha value is 1.16. The van der Waals surface area contributed by atoms with Crippen LogP contribution in [0.1, 0.15) is 0 Å². The van der Waals surface area contributed by atoms with Crippen LogP contribution < -0.4 is 0 Å². The molecule has 0 unspecified atom stereocenters. The molecule has 0 heterocycles. The van der Waals surface area contributed by atoms with Crippen molar-refractivity contribution < 1.29 is 53.2 Å². The summed E-state index contributed by atoms with van der Waals surface area (Å²) in [6.45, 7) is 0. The first kappa shape index (κ1) is 25.1. The van der Waals surface area contributed by atoms with Gasteiger partial charge in [-0.3, -0.25) is 9.11 Å². The molecule has 0 aliphatic rings. The molecule has 2 radical (unpaired) electrons. The Morgan fingerprint density at radius 2 is 1.26 bits per heavy atom. The molecule has 0 fully saturated rings. The van der Waals surface area contributed by atoms with E-state index < -0.39 is 41.5 Å². The van der Waals surface area contributed by atoms with E-state index in [1.165, 1.54) is 0 Å². The molecule has 8 nitrogen and oxygen atoms in total. The summed E-state index contributed by atoms with van der Waals surface area (Å²) < 4.78 is 59.9. The molecule has 0 atom stereocenters. The van der Waals surface area contributed by atoms with E-state index in [1.807, 2.05) is 0 Å². The molecule has 0 aliphatic heterocycles. The largest absolute Gasteiger partial charge is 0.504 e. The third-order valence-corrected chi connectivity index (χ3v) is 3.30. The fraction of sp³-hybridized carbons (Fsp3) is 0. The standard InChI is InChI=1S/C6H6O8S2.Fe.2Na/c7-4-1-3(15(9,10)11)2-5(6(4)8)16(12,13)14;;;/h1-2,7-8H,(H,9,10,11)(H,12,13,14);;;. The van der Waals surface area contributed by atoms with Crippen LogP contribution in [0.3, 0.4) is 0 Å². The van der Waals surface area contributed by atoms with Gasteiger partial charge >= 0.3 is 0 Å². The summed E-state index contributed by atoms with van der Waals surface area (Å²) in [7, 11) is -9.70. The minimum Gasteiger partial charge on any atom is -0.504 e. The van der Waals surface area contributed by atoms with Gasteiger partial charge in [0.05, 0.1) is 4.90 Å². The predicted molar refractivity (Wildman–Crippen MR) is 60.9 cm³/mol. The molecular weight excluding hydrogens is 366 g/mol. The molecule has 100 valence electrons. The zero-order chi connectivity index (χ0) is 12.7. The summed E-state index contributed by atoms with van der Waals surface area (Å²) in [5.41, 5.74) is 0. The Labute approximate surface area is 164 Å². The van der Waals surface area contributed by atoms with E-state index in [0.29, 0.717) is 12.1 Å². The Kier molecular flexibility index (Phi) is 11.3. The van der Waals surface area contributed by atoms with Crippen LogP contribution in [0.15, 0.2) is 21.9 Å². The van der Waals surface area contributed by atoms with Crippen LogP contribution in [-0.2, 0) is 37.3 Å². The van der Waals surface area contributed by atoms with Crippen molar-refractivity contribution in [3.63, 3.8) is 0 Å². The number of hydrogen-bond acceptors (Lipinski definition) is 6. The van der Waals surface area contributed by atoms with Gasteiger partial charge in [-0.15, -0.1) is 0 Å². The SMILES string of the molecule is O=S(=O)(O)c1cc(O)c(O)c(S(=O)(=O)O)c1.[Fe].[Na].[Na]. The van der Waals surface area contributed by atoms with Crippen molar-refractivity contribution in [1.82, 2.24) is 0 Å². The predicted octanol–water partition coefficient (Wildman–Crippen LogP) is -1.17. The smallest absolute Gasteiger partial charge is 0.298 e. The first-order valence-corrected chi connectivity index (χ1v) is 6.42. The second-order valence-electron chi connectivity index (χ2n) is 2.74. The zero-order valence-electron chi connectivity index (χ0n) is 9.75. The molecule has 4 N–H and O–H groups in total. The average Bonchev–Trinajstić information content (AvgIpc) is 2.05. The maximum absolute atomic E-state index is 10.7. The molecule has 0 bridgehead atoms. The van der Waals surface area contributed by atoms with E-state index in [9.17, 15) is 16.8 Å². The maximum Gasteiger partial charge on any atom is 0.298 e. The fourth-order valence-electron chi connectivity index (χ4n) is 0.914. The molecule has 0 spiro atoms. The molecule has 0 aromatic heterocycles. The molecule has 19 heavy (non-hydrogen) atoms. The van der Waals surface area contributed by atoms with E-state index >= 15 is 0 Å². The van der Waals surface area contributed by atoms with Crippen LogP contribution in [0.4, 0.5) is 0 Å². The monoisotopic (exact) mass is 372 g/mol. The van der Waals surface area contributed by atoms with E-state index in [0.717, 1.165) is 0 Å². The third-order valence-electron chi connectivity index (χ3n) is 1.60. The average molecular weight is 372 g/mol. The van der Waals surface area contributed by atoms with Gasteiger partial charge in [0.25, 0.3) is 20.2 Å². The molecule has 1 aromatic carbocycles. The normalized spacial score (nSPS) is 10.6. The fourth-order valence-corrected chi connectivity index (χ4v) is 2.14. The van der Waals surface area contributed by atoms with Gasteiger partial charge in [-0.2, -0.15) is 16.8 Å². The zero-order valence-corrected chi connectivity index (χ0v) is 16.5. The number of rotatable bonds is 2. The van der Waals surface area contributed by atoms with Crippen LogP contribution in [0.25, 0.3) is 0 Å². The first-order chi connectivity index (χ1) is 7.03. The minimum absolute atomic E-state index is 0. The summed E-state index contributed by atoms with van der Waals surface area (Å²) >= 11 is 0. The van der Waals surface area contributed by atoms with Gasteiger partial charge in [0.2, 0.25) is 0 Å². The van der Waals surface area contributed by atoms with Crippen LogP contribution in [0.2, 0.25) is 0 Å². The Balaban J connectivity index is -0.000000853. The molecule has 13 heteroatoms. The third kappa shape index (κ3) is 6.63. The second-order valence-corrected chi connectivity index (χ2v) is 5.55. The Morgan fingerprint density at radius 1 is 0.842 bits per heavy atom. The van der Waals surface area contributed by atoms with Crippen molar-refractivity contribution in [2.75, 3.05) is 0 Å². The van der Waals surface area contributed by atoms with Crippen LogP contribution in [-0.4, -0.2) is 95.3 Å². The molecule has 1 rings (SSSR count). The van der Waals surface area contributed by atoms with Gasteiger partial charge in [0.15, 0.2) is 11.5 Å².